The quantitative estimate of drug-likeness (QED) is 0.898. The summed E-state index contributed by atoms with van der Waals surface area (Å²) in [7, 11) is 0. The molecule has 1 saturated heterocycles. The largest absolute Gasteiger partial charge is 0.491 e. The second-order valence-corrected chi connectivity index (χ2v) is 6.27. The molecule has 0 saturated carbocycles. The lowest BCUT2D eigenvalue weighted by molar-refractivity contribution is 0.0562. The first-order chi connectivity index (χ1) is 9.52. The van der Waals surface area contributed by atoms with Crippen LogP contribution >= 0.6 is 0 Å². The maximum absolute atomic E-state index is 10.1. The number of benzene rings is 1. The maximum atomic E-state index is 10.1. The van der Waals surface area contributed by atoms with Crippen LogP contribution in [0.2, 0.25) is 0 Å². The molecule has 1 atom stereocenters. The molecule has 2 rings (SSSR count). The summed E-state index contributed by atoms with van der Waals surface area (Å²) in [5.74, 6) is 1.68. The van der Waals surface area contributed by atoms with Gasteiger partial charge < -0.3 is 14.7 Å². The molecule has 3 nitrogen and oxygen atoms in total. The van der Waals surface area contributed by atoms with Gasteiger partial charge in [0.05, 0.1) is 0 Å². The van der Waals surface area contributed by atoms with Crippen molar-refractivity contribution in [1.82, 2.24) is 4.90 Å². The van der Waals surface area contributed by atoms with Crippen molar-refractivity contribution in [2.24, 2.45) is 5.92 Å². The topological polar surface area (TPSA) is 32.7 Å². The molecule has 0 unspecified atom stereocenters. The molecule has 0 aromatic heterocycles. The number of ether oxygens (including phenoxy) is 1. The number of rotatable bonds is 5. The fourth-order valence-electron chi connectivity index (χ4n) is 2.80. The molecule has 0 spiro atoms. The average Bonchev–Trinajstić information content (AvgIpc) is 2.38. The van der Waals surface area contributed by atoms with Gasteiger partial charge in [0.2, 0.25) is 0 Å². The Hall–Kier alpha value is -1.06. The summed E-state index contributed by atoms with van der Waals surface area (Å²) in [6, 6.07) is 6.16. The number of likely N-dealkylation sites (tertiary alicyclic amines) is 1. The first kappa shape index (κ1) is 15.3. The van der Waals surface area contributed by atoms with E-state index in [0.29, 0.717) is 6.61 Å². The molecule has 112 valence electrons. The SMILES string of the molecule is Cc1cc(C)cc(OC[C@@H](O)CN2CCC(C)CC2)c1. The monoisotopic (exact) mass is 277 g/mol. The summed E-state index contributed by atoms with van der Waals surface area (Å²) in [5, 5.41) is 10.1. The molecule has 0 bridgehead atoms. The van der Waals surface area contributed by atoms with E-state index in [1.807, 2.05) is 12.1 Å². The summed E-state index contributed by atoms with van der Waals surface area (Å²) in [6.07, 6.45) is 2.07. The van der Waals surface area contributed by atoms with Crippen molar-refractivity contribution in [3.05, 3.63) is 29.3 Å². The van der Waals surface area contributed by atoms with Crippen molar-refractivity contribution in [3.8, 4) is 5.75 Å². The summed E-state index contributed by atoms with van der Waals surface area (Å²) in [4.78, 5) is 2.34. The number of nitrogens with zero attached hydrogens (tertiary/aromatic N) is 1. The molecule has 1 aliphatic rings. The second-order valence-electron chi connectivity index (χ2n) is 6.27. The third kappa shape index (κ3) is 4.80. The predicted octanol–water partition coefficient (Wildman–Crippen LogP) is 2.78. The Labute approximate surface area is 122 Å². The average molecular weight is 277 g/mol. The van der Waals surface area contributed by atoms with Crippen LogP contribution in [-0.4, -0.2) is 42.4 Å². The van der Waals surface area contributed by atoms with Gasteiger partial charge in [0.25, 0.3) is 0 Å². The lowest BCUT2D eigenvalue weighted by atomic mass is 9.99. The predicted molar refractivity (Wildman–Crippen MR) is 82.3 cm³/mol. The smallest absolute Gasteiger partial charge is 0.119 e. The lowest BCUT2D eigenvalue weighted by Crippen LogP contribution is -2.40. The van der Waals surface area contributed by atoms with Crippen molar-refractivity contribution in [2.45, 2.75) is 39.7 Å². The lowest BCUT2D eigenvalue weighted by Gasteiger charge is -2.31. The number of piperidine rings is 1. The van der Waals surface area contributed by atoms with Gasteiger partial charge in [-0.3, -0.25) is 0 Å². The molecule has 1 aromatic carbocycles. The Morgan fingerprint density at radius 2 is 1.80 bits per heavy atom. The minimum absolute atomic E-state index is 0.370. The van der Waals surface area contributed by atoms with Crippen LogP contribution in [0.5, 0.6) is 5.75 Å². The van der Waals surface area contributed by atoms with E-state index in [1.54, 1.807) is 0 Å². The van der Waals surface area contributed by atoms with Crippen molar-refractivity contribution >= 4 is 0 Å². The van der Waals surface area contributed by atoms with E-state index in [9.17, 15) is 5.11 Å². The first-order valence-corrected chi connectivity index (χ1v) is 7.64. The molecule has 3 heteroatoms. The van der Waals surface area contributed by atoms with Crippen molar-refractivity contribution < 1.29 is 9.84 Å². The van der Waals surface area contributed by atoms with Gasteiger partial charge >= 0.3 is 0 Å². The molecule has 1 aliphatic heterocycles. The van der Waals surface area contributed by atoms with Gasteiger partial charge in [-0.05, 0) is 69.0 Å². The van der Waals surface area contributed by atoms with Crippen LogP contribution in [0.4, 0.5) is 0 Å². The van der Waals surface area contributed by atoms with E-state index in [-0.39, 0.29) is 0 Å². The number of aliphatic hydroxyl groups excluding tert-OH is 1. The van der Waals surface area contributed by atoms with Gasteiger partial charge in [-0.25, -0.2) is 0 Å². The van der Waals surface area contributed by atoms with E-state index < -0.39 is 6.10 Å². The Balaban J connectivity index is 1.75. The summed E-state index contributed by atoms with van der Waals surface area (Å²) >= 11 is 0. The Kier molecular flexibility index (Phi) is 5.44. The minimum Gasteiger partial charge on any atom is -0.491 e. The highest BCUT2D eigenvalue weighted by Gasteiger charge is 2.18. The second kappa shape index (κ2) is 7.09. The summed E-state index contributed by atoms with van der Waals surface area (Å²) in [6.45, 7) is 9.71. The van der Waals surface area contributed by atoms with Gasteiger partial charge in [0.1, 0.15) is 18.5 Å². The van der Waals surface area contributed by atoms with Crippen molar-refractivity contribution in [1.29, 1.82) is 0 Å². The zero-order chi connectivity index (χ0) is 14.5. The highest BCUT2D eigenvalue weighted by atomic mass is 16.5. The fraction of sp³-hybridized carbons (Fsp3) is 0.647. The molecule has 0 radical (unpaired) electrons. The molecule has 0 aliphatic carbocycles. The number of hydrogen-bond donors (Lipinski definition) is 1. The highest BCUT2D eigenvalue weighted by Crippen LogP contribution is 2.18. The van der Waals surface area contributed by atoms with Crippen LogP contribution < -0.4 is 4.74 Å². The third-order valence-electron chi connectivity index (χ3n) is 3.98. The maximum Gasteiger partial charge on any atom is 0.119 e. The molecular weight excluding hydrogens is 250 g/mol. The Morgan fingerprint density at radius 1 is 1.20 bits per heavy atom. The molecule has 1 aromatic rings. The van der Waals surface area contributed by atoms with Gasteiger partial charge in [0, 0.05) is 6.54 Å². The van der Waals surface area contributed by atoms with Crippen LogP contribution in [0, 0.1) is 19.8 Å². The number of aliphatic hydroxyl groups is 1. The number of β-amino-alcohol motifs (C(OH)–C–C–N with tert-alkyl or cyclic N) is 1. The van der Waals surface area contributed by atoms with Crippen molar-refractivity contribution in [2.75, 3.05) is 26.2 Å². The van der Waals surface area contributed by atoms with Gasteiger partial charge in [-0.15, -0.1) is 0 Å². The summed E-state index contributed by atoms with van der Waals surface area (Å²) in [5.41, 5.74) is 2.39. The molecule has 1 N–H and O–H groups in total. The van der Waals surface area contributed by atoms with Crippen LogP contribution in [-0.2, 0) is 0 Å². The van der Waals surface area contributed by atoms with Gasteiger partial charge in [-0.2, -0.15) is 0 Å². The highest BCUT2D eigenvalue weighted by molar-refractivity contribution is 5.32. The van der Waals surface area contributed by atoms with E-state index >= 15 is 0 Å². The Morgan fingerprint density at radius 3 is 2.40 bits per heavy atom. The standard InChI is InChI=1S/C17H27NO2/c1-13-4-6-18(7-5-13)11-16(19)12-20-17-9-14(2)8-15(3)10-17/h8-10,13,16,19H,4-7,11-12H2,1-3H3/t16-/m0/s1. The normalized spacial score (nSPS) is 19.0. The van der Waals surface area contributed by atoms with Crippen LogP contribution in [0.3, 0.4) is 0 Å². The fourth-order valence-corrected chi connectivity index (χ4v) is 2.80. The van der Waals surface area contributed by atoms with E-state index in [1.165, 1.54) is 24.0 Å². The molecule has 0 amide bonds. The molecular formula is C17H27NO2. The van der Waals surface area contributed by atoms with E-state index in [4.69, 9.17) is 4.74 Å². The Bertz CT molecular complexity index is 405. The van der Waals surface area contributed by atoms with Crippen molar-refractivity contribution in [3.63, 3.8) is 0 Å². The van der Waals surface area contributed by atoms with Gasteiger partial charge in [0.15, 0.2) is 0 Å². The molecule has 1 fully saturated rings. The first-order valence-electron chi connectivity index (χ1n) is 7.64. The van der Waals surface area contributed by atoms with E-state index in [0.717, 1.165) is 31.3 Å². The van der Waals surface area contributed by atoms with Crippen LogP contribution in [0.15, 0.2) is 18.2 Å². The van der Waals surface area contributed by atoms with Crippen LogP contribution in [0.25, 0.3) is 0 Å². The zero-order valence-corrected chi connectivity index (χ0v) is 12.9. The summed E-state index contributed by atoms with van der Waals surface area (Å²) < 4.78 is 5.72. The molecule has 20 heavy (non-hydrogen) atoms. The third-order valence-corrected chi connectivity index (χ3v) is 3.98. The molecule has 1 heterocycles. The van der Waals surface area contributed by atoms with E-state index in [2.05, 4.69) is 31.7 Å². The van der Waals surface area contributed by atoms with Gasteiger partial charge in [-0.1, -0.05) is 13.0 Å². The number of aryl methyl sites for hydroxylation is 2. The van der Waals surface area contributed by atoms with Crippen LogP contribution in [0.1, 0.15) is 30.9 Å². The zero-order valence-electron chi connectivity index (χ0n) is 12.9. The minimum atomic E-state index is -0.413. The number of hydrogen-bond acceptors (Lipinski definition) is 3.